The van der Waals surface area contributed by atoms with Crippen molar-refractivity contribution < 1.29 is 155 Å². The number of aliphatic hydroxyl groups is 9. The summed E-state index contributed by atoms with van der Waals surface area (Å²) in [6.07, 6.45) is -8.59. The van der Waals surface area contributed by atoms with Gasteiger partial charge in [-0.1, -0.05) is 32.6 Å². The number of rotatable bonds is 63. The quantitative estimate of drug-likeness (QED) is 0.0252. The Morgan fingerprint density at radius 3 is 1.03 bits per heavy atom. The van der Waals surface area contributed by atoms with Crippen LogP contribution in [0.1, 0.15) is 105 Å². The molecule has 0 bridgehead atoms. The van der Waals surface area contributed by atoms with Crippen LogP contribution in [0.15, 0.2) is 0 Å². The minimum absolute atomic E-state index is 0.00697. The maximum Gasteiger partial charge on any atom is 0.246 e. The molecule has 3 aliphatic rings. The van der Waals surface area contributed by atoms with Gasteiger partial charge in [0, 0.05) is 47.0 Å². The molecule has 3 saturated heterocycles. The third kappa shape index (κ3) is 41.4. The molecule has 17 atom stereocenters. The molecule has 0 radical (unpaired) electrons. The summed E-state index contributed by atoms with van der Waals surface area (Å²) in [5, 5.41) is 112. The van der Waals surface area contributed by atoms with Gasteiger partial charge in [0.15, 0.2) is 18.9 Å². The molecule has 628 valence electrons. The van der Waals surface area contributed by atoms with Crippen molar-refractivity contribution in [1.82, 2.24) is 42.5 Å². The predicted octanol–water partition coefficient (Wildman–Crippen LogP) is -6.96. The highest BCUT2D eigenvalue weighted by atomic mass is 16.7. The highest BCUT2D eigenvalue weighted by Crippen LogP contribution is 2.26. The summed E-state index contributed by atoms with van der Waals surface area (Å²) in [5.74, 6) is -3.93. The van der Waals surface area contributed by atoms with E-state index >= 15 is 0 Å². The highest BCUT2D eigenvalue weighted by Gasteiger charge is 2.48. The van der Waals surface area contributed by atoms with Crippen LogP contribution in [0.2, 0.25) is 0 Å². The second-order valence-electron chi connectivity index (χ2n) is 25.7. The first-order chi connectivity index (χ1) is 52.1. The minimum Gasteiger partial charge on any atom is -0.396 e. The molecule has 3 heterocycles. The minimum atomic E-state index is -1.45. The number of hydrogen-bond donors (Lipinski definition) is 17. The fourth-order valence-electron chi connectivity index (χ4n) is 11.2. The van der Waals surface area contributed by atoms with E-state index in [4.69, 9.17) is 71.1 Å². The van der Waals surface area contributed by atoms with Gasteiger partial charge in [-0.2, -0.15) is 0 Å². The predicted molar refractivity (Wildman–Crippen MR) is 375 cm³/mol. The fourth-order valence-corrected chi connectivity index (χ4v) is 11.2. The van der Waals surface area contributed by atoms with E-state index in [9.17, 15) is 84.3 Å². The smallest absolute Gasteiger partial charge is 0.246 e. The van der Waals surface area contributed by atoms with Gasteiger partial charge < -0.3 is 160 Å². The number of hydrogen-bond acceptors (Lipinski definition) is 32. The Labute approximate surface area is 630 Å². The molecule has 0 spiro atoms. The van der Waals surface area contributed by atoms with Crippen LogP contribution < -0.4 is 42.5 Å². The number of carbonyl (C=O) groups is 8. The average Bonchev–Trinajstić information content (AvgIpc) is 0.821. The van der Waals surface area contributed by atoms with Crippen molar-refractivity contribution in [3.05, 3.63) is 0 Å². The third-order valence-electron chi connectivity index (χ3n) is 16.8. The van der Waals surface area contributed by atoms with Gasteiger partial charge in [0.05, 0.1) is 138 Å². The van der Waals surface area contributed by atoms with Crippen LogP contribution in [0, 0.1) is 0 Å². The third-order valence-corrected chi connectivity index (χ3v) is 16.8. The van der Waals surface area contributed by atoms with Gasteiger partial charge in [-0.25, -0.2) is 0 Å². The maximum absolute atomic E-state index is 14.2. The standard InChI is InChI=1S/C68H124N8O32/c1-5-6-7-8-11-19-71-64(92)47(14-9-12-17-69-52(83)41-100-30-27-94-21-24-98-34-37-104-67-56(73-45(3)81)62(90)59(87)50(39-78)107-67)76-65(93)48(75-54(85)43-102-32-29-96-23-26-97-33-36-103-66-55(72-44(2)80)61(89)58(86)49(106-66)16-20-77)15-10-13-18-70-53(84)42-101-31-28-95-22-25-99-35-38-105-68-57(74-46(4)82)63(91)60(88)51(40-79)108-68/h47-51,55-63,66-68,77-79,86-91H,5-43H2,1-4H3,(H,69,83)(H,70,84)(H,71,92)(H,72,80)(H,73,81)(H,74,82)(H,75,85)(H,76,93)/t47?,48?,49-,50-,51-,55-,56-,57-,58+,59+,60+,61-,62-,63-,66-,67-,68-/m1/s1. The second kappa shape index (κ2) is 59.5. The van der Waals surface area contributed by atoms with E-state index in [1.54, 1.807) is 0 Å². The molecule has 40 heteroatoms. The molecular formula is C68H124N8O32. The second-order valence-corrected chi connectivity index (χ2v) is 25.7. The van der Waals surface area contributed by atoms with E-state index in [2.05, 4.69) is 49.5 Å². The Kier molecular flexibility index (Phi) is 53.5. The maximum atomic E-state index is 14.2. The Bertz CT molecular complexity index is 2460. The molecule has 0 aromatic rings. The number of carbonyl (C=O) groups excluding carboxylic acids is 8. The van der Waals surface area contributed by atoms with Crippen LogP contribution in [0.3, 0.4) is 0 Å². The summed E-state index contributed by atoms with van der Waals surface area (Å²) < 4.78 is 83.3. The van der Waals surface area contributed by atoms with Crippen LogP contribution >= 0.6 is 0 Å². The Hall–Kier alpha value is -5.20. The summed E-state index contributed by atoms with van der Waals surface area (Å²) in [6.45, 7) is 5.87. The van der Waals surface area contributed by atoms with E-state index in [0.717, 1.165) is 32.1 Å². The largest absolute Gasteiger partial charge is 0.396 e. The molecule has 0 aromatic heterocycles. The summed E-state index contributed by atoms with van der Waals surface area (Å²) in [4.78, 5) is 102. The molecule has 17 N–H and O–H groups in total. The van der Waals surface area contributed by atoms with E-state index in [1.807, 2.05) is 0 Å². The fraction of sp³-hybridized carbons (Fsp3) is 0.882. The number of aliphatic hydroxyl groups excluding tert-OH is 9. The number of amides is 8. The van der Waals surface area contributed by atoms with Crippen LogP contribution in [-0.2, 0) is 109 Å². The monoisotopic (exact) mass is 1560 g/mol. The lowest BCUT2D eigenvalue weighted by Crippen LogP contribution is -2.64. The van der Waals surface area contributed by atoms with Crippen molar-refractivity contribution in [1.29, 1.82) is 0 Å². The molecule has 0 saturated carbocycles. The lowest BCUT2D eigenvalue weighted by atomic mass is 9.95. The first kappa shape index (κ1) is 97.0. The van der Waals surface area contributed by atoms with Crippen molar-refractivity contribution in [3.63, 3.8) is 0 Å². The molecule has 0 aliphatic carbocycles. The zero-order chi connectivity index (χ0) is 79.3. The van der Waals surface area contributed by atoms with Gasteiger partial charge in [-0.15, -0.1) is 0 Å². The molecular weight excluding hydrogens is 1440 g/mol. The van der Waals surface area contributed by atoms with Gasteiger partial charge >= 0.3 is 0 Å². The van der Waals surface area contributed by atoms with Crippen molar-refractivity contribution in [3.8, 4) is 0 Å². The van der Waals surface area contributed by atoms with Crippen LogP contribution in [0.4, 0.5) is 0 Å². The Balaban J connectivity index is 1.45. The SMILES string of the molecule is CCCCCCCNC(=O)C(CCCCNC(=O)COCCOCCOCCO[C@@H]1O[C@H](CO)[C@H](O)[C@H](O)[C@H]1NC(C)=O)NC(=O)C(CCCCNC(=O)COCCOCCOCCO[C@@H]1O[C@H](CO)[C@H](O)[C@H](O)[C@H]1NC(C)=O)NC(=O)COCCOCCOCCO[C@@H]1O[C@H](CCO)[C@H](O)[C@H](O)[C@H]1NC(C)=O. The van der Waals surface area contributed by atoms with Gasteiger partial charge in [0.2, 0.25) is 47.3 Å². The van der Waals surface area contributed by atoms with E-state index in [-0.39, 0.29) is 177 Å². The summed E-state index contributed by atoms with van der Waals surface area (Å²) >= 11 is 0. The van der Waals surface area contributed by atoms with Gasteiger partial charge in [-0.3, -0.25) is 38.4 Å². The number of nitrogens with one attached hydrogen (secondary N) is 8. The Morgan fingerprint density at radius 1 is 0.352 bits per heavy atom. The normalized spacial score (nSPS) is 24.8. The first-order valence-electron chi connectivity index (χ1n) is 37.2. The molecule has 40 nitrogen and oxygen atoms in total. The lowest BCUT2D eigenvalue weighted by Gasteiger charge is -2.42. The van der Waals surface area contributed by atoms with Gasteiger partial charge in [-0.05, 0) is 51.4 Å². The average molecular weight is 1570 g/mol. The zero-order valence-corrected chi connectivity index (χ0v) is 62.8. The van der Waals surface area contributed by atoms with Crippen LogP contribution in [0.5, 0.6) is 0 Å². The van der Waals surface area contributed by atoms with Crippen molar-refractivity contribution in [2.75, 3.05) is 178 Å². The first-order valence-corrected chi connectivity index (χ1v) is 37.2. The molecule has 108 heavy (non-hydrogen) atoms. The van der Waals surface area contributed by atoms with E-state index in [0.29, 0.717) is 32.2 Å². The van der Waals surface area contributed by atoms with Gasteiger partial charge in [0.1, 0.15) is 98.9 Å². The number of unbranched alkanes of at least 4 members (excludes halogenated alkanes) is 6. The van der Waals surface area contributed by atoms with Gasteiger partial charge in [0.25, 0.3) is 0 Å². The molecule has 3 aliphatic heterocycles. The summed E-state index contributed by atoms with van der Waals surface area (Å²) in [6, 6.07) is -5.39. The topological polar surface area (TPSA) is 553 Å². The summed E-state index contributed by atoms with van der Waals surface area (Å²) in [7, 11) is 0. The van der Waals surface area contributed by atoms with Crippen molar-refractivity contribution in [2.24, 2.45) is 0 Å². The molecule has 8 amide bonds. The van der Waals surface area contributed by atoms with Crippen molar-refractivity contribution in [2.45, 2.75) is 209 Å². The molecule has 2 unspecified atom stereocenters. The summed E-state index contributed by atoms with van der Waals surface area (Å²) in [5.41, 5.74) is 0. The van der Waals surface area contributed by atoms with Crippen molar-refractivity contribution >= 4 is 47.3 Å². The number of ether oxygens (including phenoxy) is 15. The lowest BCUT2D eigenvalue weighted by molar-refractivity contribution is -0.272. The van der Waals surface area contributed by atoms with E-state index in [1.165, 1.54) is 20.8 Å². The Morgan fingerprint density at radius 2 is 0.667 bits per heavy atom. The highest BCUT2D eigenvalue weighted by molar-refractivity contribution is 5.92. The zero-order valence-electron chi connectivity index (χ0n) is 62.8. The van der Waals surface area contributed by atoms with Crippen LogP contribution in [0.25, 0.3) is 0 Å². The molecule has 0 aromatic carbocycles. The van der Waals surface area contributed by atoms with E-state index < -0.39 is 165 Å². The molecule has 3 rings (SSSR count). The molecule has 3 fully saturated rings. The van der Waals surface area contributed by atoms with Crippen LogP contribution in [-0.4, -0.2) is 375 Å².